The van der Waals surface area contributed by atoms with Crippen LogP contribution in [0.4, 0.5) is 5.69 Å². The maximum atomic E-state index is 13.6. The van der Waals surface area contributed by atoms with Crippen LogP contribution in [0.25, 0.3) is 21.9 Å². The molecule has 9 heteroatoms. The van der Waals surface area contributed by atoms with Gasteiger partial charge in [-0.15, -0.1) is 0 Å². The normalized spacial score (nSPS) is 11.6. The molecule has 0 spiro atoms. The third-order valence-corrected chi connectivity index (χ3v) is 5.85. The van der Waals surface area contributed by atoms with Crippen LogP contribution in [0.2, 0.25) is 0 Å². The number of rotatable bonds is 6. The number of aryl methyl sites for hydroxylation is 2. The molecule has 35 heavy (non-hydrogen) atoms. The first-order chi connectivity index (χ1) is 16.8. The number of amides is 1. The molecule has 3 aromatic heterocycles. The molecule has 5 rings (SSSR count). The zero-order valence-corrected chi connectivity index (χ0v) is 20.1. The lowest BCUT2D eigenvalue weighted by atomic mass is 10.1. The van der Waals surface area contributed by atoms with E-state index in [1.54, 1.807) is 4.57 Å². The predicted octanol–water partition coefficient (Wildman–Crippen LogP) is 4.16. The van der Waals surface area contributed by atoms with Gasteiger partial charge in [-0.3, -0.25) is 14.2 Å². The highest BCUT2D eigenvalue weighted by Gasteiger charge is 2.19. The standard InChI is InChI=1S/C26H26N6O3/c1-15(2)25-29-22(35-30-25)13-31-14-27-23-19-7-5-6-8-20(19)32(24(23)26(31)34)12-21(33)28-18-10-16(3)9-17(4)11-18/h5-11,14-15H,12-13H2,1-4H3,(H,28,33). The molecule has 0 radical (unpaired) electrons. The third-order valence-electron chi connectivity index (χ3n) is 5.85. The minimum absolute atomic E-state index is 0.0318. The highest BCUT2D eigenvalue weighted by molar-refractivity contribution is 6.06. The zero-order chi connectivity index (χ0) is 24.7. The SMILES string of the molecule is Cc1cc(C)cc(NC(=O)Cn2c3ccccc3c3ncn(Cc4nc(C(C)C)no4)c(=O)c32)c1. The van der Waals surface area contributed by atoms with E-state index in [-0.39, 0.29) is 30.5 Å². The van der Waals surface area contributed by atoms with Crippen molar-refractivity contribution >= 4 is 33.5 Å². The maximum absolute atomic E-state index is 13.6. The fraction of sp³-hybridized carbons (Fsp3) is 0.269. The van der Waals surface area contributed by atoms with Gasteiger partial charge in [0.15, 0.2) is 5.82 Å². The largest absolute Gasteiger partial charge is 0.337 e. The Balaban J connectivity index is 1.55. The molecule has 0 bridgehead atoms. The smallest absolute Gasteiger partial charge is 0.278 e. The minimum atomic E-state index is -0.283. The molecule has 0 fully saturated rings. The summed E-state index contributed by atoms with van der Waals surface area (Å²) in [6, 6.07) is 13.4. The first kappa shape index (κ1) is 22.5. The fourth-order valence-corrected chi connectivity index (χ4v) is 4.33. The number of aromatic nitrogens is 5. The number of nitrogens with zero attached hydrogens (tertiary/aromatic N) is 5. The summed E-state index contributed by atoms with van der Waals surface area (Å²) >= 11 is 0. The van der Waals surface area contributed by atoms with E-state index in [0.29, 0.717) is 22.7 Å². The number of fused-ring (bicyclic) bond motifs is 3. The van der Waals surface area contributed by atoms with Gasteiger partial charge in [0.1, 0.15) is 24.1 Å². The van der Waals surface area contributed by atoms with Gasteiger partial charge in [0, 0.05) is 17.0 Å². The first-order valence-electron chi connectivity index (χ1n) is 11.5. The van der Waals surface area contributed by atoms with Crippen molar-refractivity contribution in [3.05, 3.63) is 82.0 Å². The summed E-state index contributed by atoms with van der Waals surface area (Å²) in [7, 11) is 0. The van der Waals surface area contributed by atoms with Gasteiger partial charge in [0.2, 0.25) is 11.8 Å². The number of benzene rings is 2. The highest BCUT2D eigenvalue weighted by Crippen LogP contribution is 2.25. The van der Waals surface area contributed by atoms with E-state index >= 15 is 0 Å². The van der Waals surface area contributed by atoms with Crippen molar-refractivity contribution in [2.24, 2.45) is 0 Å². The Hall–Kier alpha value is -4.27. The van der Waals surface area contributed by atoms with Crippen molar-refractivity contribution in [3.63, 3.8) is 0 Å². The van der Waals surface area contributed by atoms with Crippen molar-refractivity contribution in [2.75, 3.05) is 5.32 Å². The van der Waals surface area contributed by atoms with E-state index in [1.807, 2.05) is 70.2 Å². The lowest BCUT2D eigenvalue weighted by Gasteiger charge is -2.10. The van der Waals surface area contributed by atoms with Crippen molar-refractivity contribution in [3.8, 4) is 0 Å². The molecule has 178 valence electrons. The highest BCUT2D eigenvalue weighted by atomic mass is 16.5. The number of nitrogens with one attached hydrogen (secondary N) is 1. The molecule has 0 saturated carbocycles. The molecule has 0 atom stereocenters. The summed E-state index contributed by atoms with van der Waals surface area (Å²) in [5.74, 6) is 0.792. The molecule has 2 aromatic carbocycles. The second-order valence-corrected chi connectivity index (χ2v) is 9.10. The van der Waals surface area contributed by atoms with Crippen LogP contribution in [0.3, 0.4) is 0 Å². The van der Waals surface area contributed by atoms with Crippen molar-refractivity contribution in [2.45, 2.75) is 46.7 Å². The van der Waals surface area contributed by atoms with Crippen molar-refractivity contribution in [1.82, 2.24) is 24.3 Å². The molecular weight excluding hydrogens is 444 g/mol. The summed E-state index contributed by atoms with van der Waals surface area (Å²) in [6.07, 6.45) is 1.48. The number of anilines is 1. The summed E-state index contributed by atoms with van der Waals surface area (Å²) < 4.78 is 8.47. The van der Waals surface area contributed by atoms with Gasteiger partial charge in [-0.05, 0) is 43.2 Å². The number of para-hydroxylation sites is 1. The van der Waals surface area contributed by atoms with Gasteiger partial charge in [-0.1, -0.05) is 43.3 Å². The molecule has 0 aliphatic rings. The van der Waals surface area contributed by atoms with Gasteiger partial charge >= 0.3 is 0 Å². The molecule has 1 N–H and O–H groups in total. The molecule has 0 aliphatic carbocycles. The summed E-state index contributed by atoms with van der Waals surface area (Å²) in [5.41, 5.74) is 4.23. The first-order valence-corrected chi connectivity index (χ1v) is 11.5. The molecule has 5 aromatic rings. The average molecular weight is 471 g/mol. The molecule has 0 aliphatic heterocycles. The Morgan fingerprint density at radius 3 is 2.57 bits per heavy atom. The molecule has 1 amide bonds. The molecule has 0 saturated heterocycles. The maximum Gasteiger partial charge on any atom is 0.278 e. The monoisotopic (exact) mass is 470 g/mol. The topological polar surface area (TPSA) is 108 Å². The lowest BCUT2D eigenvalue weighted by molar-refractivity contribution is -0.116. The number of hydrogen-bond donors (Lipinski definition) is 1. The molecular formula is C26H26N6O3. The summed E-state index contributed by atoms with van der Waals surface area (Å²) in [5, 5.41) is 7.73. The Kier molecular flexibility index (Phi) is 5.68. The number of carbonyl (C=O) groups is 1. The van der Waals surface area contributed by atoms with E-state index in [0.717, 1.165) is 27.7 Å². The Morgan fingerprint density at radius 2 is 1.86 bits per heavy atom. The zero-order valence-electron chi connectivity index (χ0n) is 20.1. The van der Waals surface area contributed by atoms with E-state index in [1.165, 1.54) is 10.9 Å². The van der Waals surface area contributed by atoms with Crippen LogP contribution in [-0.4, -0.2) is 30.2 Å². The average Bonchev–Trinajstić information content (AvgIpc) is 3.39. The van der Waals surface area contributed by atoms with E-state index in [9.17, 15) is 9.59 Å². The van der Waals surface area contributed by atoms with Crippen LogP contribution in [0.15, 0.2) is 58.1 Å². The van der Waals surface area contributed by atoms with Crippen LogP contribution in [0.1, 0.15) is 42.6 Å². The second kappa shape index (κ2) is 8.83. The quantitative estimate of drug-likeness (QED) is 0.399. The number of carbonyl (C=O) groups excluding carboxylic acids is 1. The van der Waals surface area contributed by atoms with E-state index in [2.05, 4.69) is 20.4 Å². The summed E-state index contributed by atoms with van der Waals surface area (Å²) in [6.45, 7) is 7.97. The minimum Gasteiger partial charge on any atom is -0.337 e. The molecule has 9 nitrogen and oxygen atoms in total. The second-order valence-electron chi connectivity index (χ2n) is 9.10. The lowest BCUT2D eigenvalue weighted by Crippen LogP contribution is -2.25. The van der Waals surface area contributed by atoms with Gasteiger partial charge in [-0.2, -0.15) is 4.98 Å². The van der Waals surface area contributed by atoms with Crippen molar-refractivity contribution < 1.29 is 9.32 Å². The Bertz CT molecular complexity index is 1610. The summed E-state index contributed by atoms with van der Waals surface area (Å²) in [4.78, 5) is 35.6. The van der Waals surface area contributed by atoms with Crippen LogP contribution in [-0.2, 0) is 17.9 Å². The predicted molar refractivity (Wildman–Crippen MR) is 134 cm³/mol. The van der Waals surface area contributed by atoms with Crippen LogP contribution >= 0.6 is 0 Å². The van der Waals surface area contributed by atoms with Gasteiger partial charge < -0.3 is 14.4 Å². The molecule has 3 heterocycles. The van der Waals surface area contributed by atoms with Crippen molar-refractivity contribution in [1.29, 1.82) is 0 Å². The third kappa shape index (κ3) is 4.32. The number of hydrogen-bond acceptors (Lipinski definition) is 6. The van der Waals surface area contributed by atoms with Gasteiger partial charge in [-0.25, -0.2) is 4.98 Å². The molecule has 0 unspecified atom stereocenters. The van der Waals surface area contributed by atoms with Crippen LogP contribution in [0, 0.1) is 13.8 Å². The van der Waals surface area contributed by atoms with Crippen LogP contribution < -0.4 is 10.9 Å². The fourth-order valence-electron chi connectivity index (χ4n) is 4.33. The van der Waals surface area contributed by atoms with E-state index in [4.69, 9.17) is 4.52 Å². The Morgan fingerprint density at radius 1 is 1.11 bits per heavy atom. The Labute approximate surface area is 201 Å². The van der Waals surface area contributed by atoms with Gasteiger partial charge in [0.05, 0.1) is 11.8 Å². The van der Waals surface area contributed by atoms with Crippen LogP contribution in [0.5, 0.6) is 0 Å². The van der Waals surface area contributed by atoms with Gasteiger partial charge in [0.25, 0.3) is 5.56 Å². The van der Waals surface area contributed by atoms with E-state index < -0.39 is 0 Å².